The van der Waals surface area contributed by atoms with E-state index in [1.165, 1.54) is 77.0 Å². The minimum Gasteiger partial charge on any atom is -0.396 e. The number of rotatable bonds is 15. The quantitative estimate of drug-likeness (QED) is 0.280. The molecular weight excluding hydrogens is 244 g/mol. The van der Waals surface area contributed by atoms with Crippen LogP contribution in [0.5, 0.6) is 0 Å². The summed E-state index contributed by atoms with van der Waals surface area (Å²) < 4.78 is 0. The molecule has 0 aromatic heterocycles. The maximum Gasteiger partial charge on any atom is 0.0465 e. The zero-order chi connectivity index (χ0) is 14.7. The van der Waals surface area contributed by atoms with Gasteiger partial charge in [0.1, 0.15) is 0 Å². The van der Waals surface area contributed by atoms with Gasteiger partial charge in [-0.2, -0.15) is 0 Å². The monoisotopic (exact) mass is 280 g/mol. The second kappa shape index (κ2) is 18.4. The van der Waals surface area contributed by atoms with E-state index in [0.29, 0.717) is 0 Å². The molecule has 1 nitrogen and oxygen atoms in total. The van der Waals surface area contributed by atoms with E-state index in [2.05, 4.69) is 19.1 Å². The normalized spacial score (nSPS) is 11.9. The van der Waals surface area contributed by atoms with Gasteiger partial charge in [-0.25, -0.2) is 0 Å². The lowest BCUT2D eigenvalue weighted by molar-refractivity contribution is 0.302. The summed E-state index contributed by atoms with van der Waals surface area (Å²) in [5.74, 6) is 0. The first-order valence-electron chi connectivity index (χ1n) is 8.84. The van der Waals surface area contributed by atoms with Gasteiger partial charge in [-0.1, -0.05) is 95.4 Å². The predicted molar refractivity (Wildman–Crippen MR) is 91.1 cm³/mol. The van der Waals surface area contributed by atoms with E-state index >= 15 is 0 Å². The van der Waals surface area contributed by atoms with Crippen molar-refractivity contribution in [2.75, 3.05) is 6.61 Å². The highest BCUT2D eigenvalue weighted by Gasteiger charge is 1.92. The smallest absolute Gasteiger partial charge is 0.0465 e. The highest BCUT2D eigenvalue weighted by Crippen LogP contribution is 2.11. The molecule has 0 aliphatic carbocycles. The third kappa shape index (κ3) is 17.4. The molecule has 0 amide bonds. The number of unbranched alkanes of at least 4 members (excludes halogenated alkanes) is 11. The molecule has 0 saturated heterocycles. The first-order chi connectivity index (χ1) is 9.91. The van der Waals surface area contributed by atoms with Gasteiger partial charge in [-0.15, -0.1) is 0 Å². The Labute approximate surface area is 127 Å². The molecule has 0 saturated carbocycles. The van der Waals surface area contributed by atoms with E-state index in [1.807, 2.05) is 12.2 Å². The molecule has 0 aliphatic rings. The van der Waals surface area contributed by atoms with Gasteiger partial charge in [0, 0.05) is 6.61 Å². The fourth-order valence-electron chi connectivity index (χ4n) is 2.35. The number of allylic oxidation sites excluding steroid dienone is 3. The first-order valence-corrected chi connectivity index (χ1v) is 8.84. The van der Waals surface area contributed by atoms with Crippen LogP contribution in [0.3, 0.4) is 0 Å². The third-order valence-corrected chi connectivity index (χ3v) is 3.65. The lowest BCUT2D eigenvalue weighted by Crippen LogP contribution is -1.81. The Bertz CT molecular complexity index is 218. The minimum absolute atomic E-state index is 0.253. The van der Waals surface area contributed by atoms with Gasteiger partial charge in [-0.3, -0.25) is 0 Å². The van der Waals surface area contributed by atoms with Gasteiger partial charge in [0.2, 0.25) is 0 Å². The van der Waals surface area contributed by atoms with Gasteiger partial charge in [0.15, 0.2) is 0 Å². The molecule has 118 valence electrons. The predicted octanol–water partition coefficient (Wildman–Crippen LogP) is 6.18. The summed E-state index contributed by atoms with van der Waals surface area (Å²) in [7, 11) is 0. The van der Waals surface area contributed by atoms with Gasteiger partial charge in [0.25, 0.3) is 0 Å². The average molecular weight is 280 g/mol. The van der Waals surface area contributed by atoms with Crippen molar-refractivity contribution < 1.29 is 5.11 Å². The number of aliphatic hydroxyl groups excluding tert-OH is 1. The first kappa shape index (κ1) is 19.4. The fourth-order valence-corrected chi connectivity index (χ4v) is 2.35. The highest BCUT2D eigenvalue weighted by atomic mass is 16.2. The van der Waals surface area contributed by atoms with Gasteiger partial charge in [0.05, 0.1) is 0 Å². The largest absolute Gasteiger partial charge is 0.396 e. The molecule has 1 N–H and O–H groups in total. The lowest BCUT2D eigenvalue weighted by Gasteiger charge is -2.01. The molecule has 20 heavy (non-hydrogen) atoms. The molecule has 0 rings (SSSR count). The van der Waals surface area contributed by atoms with Crippen molar-refractivity contribution in [3.05, 3.63) is 24.3 Å². The molecule has 0 aromatic carbocycles. The van der Waals surface area contributed by atoms with Crippen LogP contribution < -0.4 is 0 Å². The lowest BCUT2D eigenvalue weighted by atomic mass is 10.1. The van der Waals surface area contributed by atoms with Gasteiger partial charge < -0.3 is 5.11 Å². The molecule has 0 bridgehead atoms. The minimum atomic E-state index is 0.253. The second-order valence-corrected chi connectivity index (χ2v) is 5.69. The van der Waals surface area contributed by atoms with Crippen LogP contribution in [0.4, 0.5) is 0 Å². The van der Waals surface area contributed by atoms with Crippen molar-refractivity contribution in [1.82, 2.24) is 0 Å². The maximum absolute atomic E-state index is 8.61. The Kier molecular flexibility index (Phi) is 17.9. The Hall–Kier alpha value is -0.560. The van der Waals surface area contributed by atoms with Crippen molar-refractivity contribution in [3.8, 4) is 0 Å². The van der Waals surface area contributed by atoms with Crippen LogP contribution in [0.25, 0.3) is 0 Å². The van der Waals surface area contributed by atoms with Crippen molar-refractivity contribution in [2.45, 2.75) is 90.4 Å². The van der Waals surface area contributed by atoms with E-state index < -0.39 is 0 Å². The summed E-state index contributed by atoms with van der Waals surface area (Å²) in [5, 5.41) is 8.61. The van der Waals surface area contributed by atoms with Gasteiger partial charge in [-0.05, 0) is 19.3 Å². The van der Waals surface area contributed by atoms with Crippen molar-refractivity contribution in [2.24, 2.45) is 0 Å². The molecular formula is C19H36O. The topological polar surface area (TPSA) is 20.2 Å². The van der Waals surface area contributed by atoms with E-state index in [0.717, 1.165) is 6.42 Å². The van der Waals surface area contributed by atoms with Gasteiger partial charge >= 0.3 is 0 Å². The summed E-state index contributed by atoms with van der Waals surface area (Å²) in [6.45, 7) is 2.53. The van der Waals surface area contributed by atoms with E-state index in [4.69, 9.17) is 5.11 Å². The Morgan fingerprint density at radius 2 is 1.05 bits per heavy atom. The zero-order valence-corrected chi connectivity index (χ0v) is 13.7. The van der Waals surface area contributed by atoms with Crippen LogP contribution >= 0.6 is 0 Å². The fraction of sp³-hybridized carbons (Fsp3) is 0.789. The molecule has 0 spiro atoms. The second-order valence-electron chi connectivity index (χ2n) is 5.69. The summed E-state index contributed by atoms with van der Waals surface area (Å²) in [5.41, 5.74) is 0. The molecule has 0 fully saturated rings. The molecule has 1 heteroatoms. The van der Waals surface area contributed by atoms with Crippen LogP contribution in [0.1, 0.15) is 90.4 Å². The summed E-state index contributed by atoms with van der Waals surface area (Å²) in [6, 6.07) is 0. The standard InChI is InChI=1S/C19H36O/c1-2-3-4-5-6-7-8-9-10-11-12-13-14-15-16-17-18-19-20/h14-17,20H,2-13,18-19H2,1H3. The maximum atomic E-state index is 8.61. The van der Waals surface area contributed by atoms with Crippen LogP contribution in [0.15, 0.2) is 24.3 Å². The van der Waals surface area contributed by atoms with Crippen molar-refractivity contribution >= 4 is 0 Å². The Morgan fingerprint density at radius 3 is 1.55 bits per heavy atom. The molecule has 0 aromatic rings. The SMILES string of the molecule is CCCCCCCCCCCCCC=CC=CCCO. The Balaban J connectivity index is 3.06. The molecule has 0 heterocycles. The van der Waals surface area contributed by atoms with Crippen LogP contribution in [0.2, 0.25) is 0 Å². The third-order valence-electron chi connectivity index (χ3n) is 3.65. The Morgan fingerprint density at radius 1 is 0.600 bits per heavy atom. The van der Waals surface area contributed by atoms with Crippen LogP contribution in [-0.4, -0.2) is 11.7 Å². The van der Waals surface area contributed by atoms with Crippen molar-refractivity contribution in [3.63, 3.8) is 0 Å². The van der Waals surface area contributed by atoms with Crippen molar-refractivity contribution in [1.29, 1.82) is 0 Å². The van der Waals surface area contributed by atoms with E-state index in [9.17, 15) is 0 Å². The van der Waals surface area contributed by atoms with E-state index in [-0.39, 0.29) is 6.61 Å². The van der Waals surface area contributed by atoms with Crippen LogP contribution in [0, 0.1) is 0 Å². The molecule has 0 unspecified atom stereocenters. The highest BCUT2D eigenvalue weighted by molar-refractivity contribution is 5.02. The number of hydrogen-bond acceptors (Lipinski definition) is 1. The molecule has 0 aliphatic heterocycles. The van der Waals surface area contributed by atoms with Crippen LogP contribution in [-0.2, 0) is 0 Å². The summed E-state index contributed by atoms with van der Waals surface area (Å²) >= 11 is 0. The summed E-state index contributed by atoms with van der Waals surface area (Å²) in [4.78, 5) is 0. The average Bonchev–Trinajstić information content (AvgIpc) is 2.47. The van der Waals surface area contributed by atoms with E-state index in [1.54, 1.807) is 0 Å². The number of hydrogen-bond donors (Lipinski definition) is 1. The number of aliphatic hydroxyl groups is 1. The molecule has 0 radical (unpaired) electrons. The zero-order valence-electron chi connectivity index (χ0n) is 13.7. The molecule has 0 atom stereocenters. The summed E-state index contributed by atoms with van der Waals surface area (Å²) in [6.07, 6.45) is 25.9.